The molecule has 0 amide bonds. The van der Waals surface area contributed by atoms with Crippen molar-refractivity contribution < 1.29 is 0 Å². The van der Waals surface area contributed by atoms with Crippen molar-refractivity contribution in [2.24, 2.45) is 0 Å². The molecule has 1 nitrogen and oxygen atoms in total. The number of rotatable bonds is 5. The van der Waals surface area contributed by atoms with E-state index >= 15 is 0 Å². The molecule has 0 aliphatic heterocycles. The van der Waals surface area contributed by atoms with Crippen LogP contribution in [-0.4, -0.2) is 0 Å². The summed E-state index contributed by atoms with van der Waals surface area (Å²) in [7, 11) is 0. The molecule has 0 saturated carbocycles. The Kier molecular flexibility index (Phi) is 4.78. The Balaban J connectivity index is 2.06. The van der Waals surface area contributed by atoms with E-state index in [0.717, 1.165) is 6.42 Å². The molecule has 0 fully saturated rings. The van der Waals surface area contributed by atoms with Crippen LogP contribution >= 0.6 is 11.3 Å². The van der Waals surface area contributed by atoms with Crippen molar-refractivity contribution in [2.45, 2.75) is 46.2 Å². The predicted octanol–water partition coefficient (Wildman–Crippen LogP) is 5.03. The highest BCUT2D eigenvalue weighted by molar-refractivity contribution is 7.12. The number of aryl methyl sites for hydroxylation is 2. The molecular weight excluding hydrogens is 250 g/mol. The highest BCUT2D eigenvalue weighted by Crippen LogP contribution is 2.26. The summed E-state index contributed by atoms with van der Waals surface area (Å²) in [6, 6.07) is 13.9. The molecule has 2 heteroatoms. The van der Waals surface area contributed by atoms with Crippen LogP contribution in [0.3, 0.4) is 0 Å². The molecule has 1 aromatic heterocycles. The Bertz CT molecular complexity index is 530. The quantitative estimate of drug-likeness (QED) is 0.805. The molecule has 0 saturated heterocycles. The number of hydrogen-bond acceptors (Lipinski definition) is 2. The van der Waals surface area contributed by atoms with Gasteiger partial charge in [-0.05, 0) is 50.5 Å². The van der Waals surface area contributed by atoms with E-state index in [4.69, 9.17) is 0 Å². The number of thiophene rings is 1. The molecule has 102 valence electrons. The minimum Gasteiger partial charge on any atom is -0.303 e. The minimum absolute atomic E-state index is 0.378. The first-order valence-electron chi connectivity index (χ1n) is 7.02. The van der Waals surface area contributed by atoms with Crippen LogP contribution in [0.1, 0.15) is 53.7 Å². The molecular formula is C17H23NS. The topological polar surface area (TPSA) is 12.0 Å². The Morgan fingerprint density at radius 2 is 1.79 bits per heavy atom. The van der Waals surface area contributed by atoms with E-state index in [1.54, 1.807) is 0 Å². The van der Waals surface area contributed by atoms with Crippen LogP contribution in [-0.2, 0) is 6.42 Å². The molecule has 2 rings (SSSR count). The summed E-state index contributed by atoms with van der Waals surface area (Å²) in [4.78, 5) is 2.89. The third-order valence-electron chi connectivity index (χ3n) is 3.61. The van der Waals surface area contributed by atoms with Gasteiger partial charge in [-0.1, -0.05) is 31.2 Å². The molecule has 19 heavy (non-hydrogen) atoms. The van der Waals surface area contributed by atoms with Gasteiger partial charge >= 0.3 is 0 Å². The van der Waals surface area contributed by atoms with Gasteiger partial charge in [-0.2, -0.15) is 0 Å². The lowest BCUT2D eigenvalue weighted by atomic mass is 10.0. The number of hydrogen-bond donors (Lipinski definition) is 1. The second kappa shape index (κ2) is 6.36. The van der Waals surface area contributed by atoms with Gasteiger partial charge in [-0.15, -0.1) is 11.3 Å². The van der Waals surface area contributed by atoms with Crippen LogP contribution < -0.4 is 5.32 Å². The van der Waals surface area contributed by atoms with Gasteiger partial charge in [0.15, 0.2) is 0 Å². The molecule has 0 bridgehead atoms. The fraction of sp³-hybridized carbons (Fsp3) is 0.412. The van der Waals surface area contributed by atoms with Crippen molar-refractivity contribution in [3.8, 4) is 0 Å². The summed E-state index contributed by atoms with van der Waals surface area (Å²) in [5.41, 5.74) is 2.75. The van der Waals surface area contributed by atoms with Crippen LogP contribution in [0.5, 0.6) is 0 Å². The van der Waals surface area contributed by atoms with Gasteiger partial charge in [-0.3, -0.25) is 0 Å². The monoisotopic (exact) mass is 273 g/mol. The van der Waals surface area contributed by atoms with Gasteiger partial charge in [0.2, 0.25) is 0 Å². The zero-order valence-corrected chi connectivity index (χ0v) is 13.1. The van der Waals surface area contributed by atoms with E-state index in [-0.39, 0.29) is 0 Å². The molecule has 0 aliphatic rings. The zero-order chi connectivity index (χ0) is 13.8. The maximum Gasteiger partial charge on any atom is 0.0391 e. The third-order valence-corrected chi connectivity index (χ3v) is 5.02. The highest BCUT2D eigenvalue weighted by Gasteiger charge is 2.13. The summed E-state index contributed by atoms with van der Waals surface area (Å²) in [6.07, 6.45) is 1.13. The molecule has 1 unspecified atom stereocenters. The maximum absolute atomic E-state index is 3.70. The first-order valence-corrected chi connectivity index (χ1v) is 7.83. The standard InChI is InChI=1S/C17H23NS/c1-5-15-10-11-17(19-15)14(4)18-13(3)16-9-7-6-8-12(16)2/h6-11,13-14,18H,5H2,1-4H3/t13-,14?/m1/s1. The van der Waals surface area contributed by atoms with E-state index in [2.05, 4.69) is 69.4 Å². The third kappa shape index (κ3) is 3.46. The largest absolute Gasteiger partial charge is 0.303 e. The second-order valence-corrected chi connectivity index (χ2v) is 6.32. The lowest BCUT2D eigenvalue weighted by Gasteiger charge is -2.21. The lowest BCUT2D eigenvalue weighted by Crippen LogP contribution is -2.22. The minimum atomic E-state index is 0.378. The molecule has 2 aromatic rings. The van der Waals surface area contributed by atoms with Crippen molar-refractivity contribution in [1.82, 2.24) is 5.32 Å². The van der Waals surface area contributed by atoms with Gasteiger partial charge < -0.3 is 5.32 Å². The molecule has 1 N–H and O–H groups in total. The average molecular weight is 273 g/mol. The van der Waals surface area contributed by atoms with Crippen LogP contribution in [0.4, 0.5) is 0 Å². The van der Waals surface area contributed by atoms with Gasteiger partial charge in [0.1, 0.15) is 0 Å². The fourth-order valence-corrected chi connectivity index (χ4v) is 3.40. The van der Waals surface area contributed by atoms with Crippen LogP contribution in [0.25, 0.3) is 0 Å². The maximum atomic E-state index is 3.70. The Hall–Kier alpha value is -1.12. The van der Waals surface area contributed by atoms with Crippen LogP contribution in [0, 0.1) is 6.92 Å². The van der Waals surface area contributed by atoms with Crippen molar-refractivity contribution in [2.75, 3.05) is 0 Å². The fourth-order valence-electron chi connectivity index (χ4n) is 2.44. The van der Waals surface area contributed by atoms with E-state index in [9.17, 15) is 0 Å². The van der Waals surface area contributed by atoms with Gasteiger partial charge in [0.05, 0.1) is 0 Å². The van der Waals surface area contributed by atoms with Crippen molar-refractivity contribution >= 4 is 11.3 Å². The summed E-state index contributed by atoms with van der Waals surface area (Å²) in [5.74, 6) is 0. The Morgan fingerprint density at radius 3 is 2.42 bits per heavy atom. The molecule has 0 aliphatic carbocycles. The summed E-state index contributed by atoms with van der Waals surface area (Å²) in [5, 5.41) is 3.70. The Morgan fingerprint density at radius 1 is 1.05 bits per heavy atom. The SMILES string of the molecule is CCc1ccc(C(C)N[C@H](C)c2ccccc2C)s1. The van der Waals surface area contributed by atoms with Crippen molar-refractivity contribution in [1.29, 1.82) is 0 Å². The normalized spacial score (nSPS) is 14.3. The van der Waals surface area contributed by atoms with E-state index < -0.39 is 0 Å². The van der Waals surface area contributed by atoms with Gasteiger partial charge in [-0.25, -0.2) is 0 Å². The molecule has 1 aromatic carbocycles. The van der Waals surface area contributed by atoms with Crippen molar-refractivity contribution in [3.05, 3.63) is 57.3 Å². The average Bonchev–Trinajstić information content (AvgIpc) is 2.88. The molecule has 2 atom stereocenters. The van der Waals surface area contributed by atoms with Crippen LogP contribution in [0.2, 0.25) is 0 Å². The van der Waals surface area contributed by atoms with E-state index in [1.165, 1.54) is 20.9 Å². The highest BCUT2D eigenvalue weighted by atomic mass is 32.1. The number of nitrogens with one attached hydrogen (secondary N) is 1. The lowest BCUT2D eigenvalue weighted by molar-refractivity contribution is 0.498. The Labute approximate surface area is 120 Å². The summed E-state index contributed by atoms with van der Waals surface area (Å²) < 4.78 is 0. The van der Waals surface area contributed by atoms with E-state index in [0.29, 0.717) is 12.1 Å². The number of benzene rings is 1. The van der Waals surface area contributed by atoms with Gasteiger partial charge in [0, 0.05) is 21.8 Å². The van der Waals surface area contributed by atoms with Gasteiger partial charge in [0.25, 0.3) is 0 Å². The molecule has 1 heterocycles. The van der Waals surface area contributed by atoms with Crippen molar-refractivity contribution in [3.63, 3.8) is 0 Å². The summed E-state index contributed by atoms with van der Waals surface area (Å²) >= 11 is 1.92. The first kappa shape index (κ1) is 14.3. The second-order valence-electron chi connectivity index (χ2n) is 5.12. The zero-order valence-electron chi connectivity index (χ0n) is 12.2. The summed E-state index contributed by atoms with van der Waals surface area (Å²) in [6.45, 7) is 8.88. The predicted molar refractivity (Wildman–Crippen MR) is 84.8 cm³/mol. The smallest absolute Gasteiger partial charge is 0.0391 e. The molecule has 0 radical (unpaired) electrons. The van der Waals surface area contributed by atoms with E-state index in [1.807, 2.05) is 11.3 Å². The molecule has 0 spiro atoms. The van der Waals surface area contributed by atoms with Crippen LogP contribution in [0.15, 0.2) is 36.4 Å². The first-order chi connectivity index (χ1) is 9.11.